The first-order valence-electron chi connectivity index (χ1n) is 17.5. The topological polar surface area (TPSA) is 28.9 Å². The van der Waals surface area contributed by atoms with E-state index in [1.165, 1.54) is 11.1 Å². The number of fused-ring (bicyclic) bond motifs is 5. The molecule has 1 aliphatic rings. The van der Waals surface area contributed by atoms with Crippen LogP contribution < -0.4 is 14.5 Å². The van der Waals surface area contributed by atoms with Crippen LogP contribution >= 0.6 is 0 Å². The molecule has 0 spiro atoms. The fraction of sp³-hybridized carbons (Fsp3) is 0. The number of para-hydroxylation sites is 4. The summed E-state index contributed by atoms with van der Waals surface area (Å²) in [7, 11) is 0. The Kier molecular flexibility index (Phi) is 7.10. The Morgan fingerprint density at radius 3 is 1.69 bits per heavy atom. The quantitative estimate of drug-likeness (QED) is 0.176. The molecule has 0 amide bonds. The molecule has 4 heteroatoms. The molecule has 1 aliphatic heterocycles. The van der Waals surface area contributed by atoms with Crippen LogP contribution in [0.4, 0.5) is 34.1 Å². The molecule has 0 unspecified atom stereocenters. The molecule has 4 nitrogen and oxygen atoms in total. The summed E-state index contributed by atoms with van der Waals surface area (Å²) in [6.45, 7) is 0. The van der Waals surface area contributed by atoms with E-state index in [-0.39, 0.29) is 0 Å². The molecule has 0 N–H and O–H groups in total. The van der Waals surface area contributed by atoms with Gasteiger partial charge in [-0.1, -0.05) is 109 Å². The van der Waals surface area contributed by atoms with Crippen molar-refractivity contribution in [3.05, 3.63) is 194 Å². The van der Waals surface area contributed by atoms with E-state index in [0.717, 1.165) is 78.7 Å². The highest BCUT2D eigenvalue weighted by atomic mass is 16.5. The molecular weight excluding hydrogens is 637 g/mol. The molecule has 8 aromatic carbocycles. The molecule has 10 rings (SSSR count). The molecule has 0 atom stereocenters. The molecule has 0 saturated carbocycles. The monoisotopic (exact) mass is 668 g/mol. The van der Waals surface area contributed by atoms with Gasteiger partial charge in [-0.05, 0) is 101 Å². The minimum atomic E-state index is 0.823. The van der Waals surface area contributed by atoms with Crippen LogP contribution in [0.15, 0.2) is 199 Å². The predicted octanol–water partition coefficient (Wildman–Crippen LogP) is 14.0. The van der Waals surface area contributed by atoms with E-state index in [0.29, 0.717) is 0 Å². The van der Waals surface area contributed by atoms with Gasteiger partial charge in [0.25, 0.3) is 0 Å². The third-order valence-electron chi connectivity index (χ3n) is 9.85. The minimum Gasteiger partial charge on any atom is -0.456 e. The maximum absolute atomic E-state index is 6.51. The molecule has 0 fully saturated rings. The Bertz CT molecular complexity index is 2700. The fourth-order valence-electron chi connectivity index (χ4n) is 7.33. The summed E-state index contributed by atoms with van der Waals surface area (Å²) in [5.41, 5.74) is 12.6. The number of furan rings is 1. The van der Waals surface area contributed by atoms with Crippen molar-refractivity contribution in [2.45, 2.75) is 0 Å². The summed E-state index contributed by atoms with van der Waals surface area (Å²) >= 11 is 0. The van der Waals surface area contributed by atoms with Crippen molar-refractivity contribution in [2.24, 2.45) is 0 Å². The molecular formula is C48H32N2O2. The van der Waals surface area contributed by atoms with Gasteiger partial charge in [0, 0.05) is 39.6 Å². The van der Waals surface area contributed by atoms with Crippen molar-refractivity contribution in [3.8, 4) is 33.8 Å². The van der Waals surface area contributed by atoms with Gasteiger partial charge in [0.15, 0.2) is 11.5 Å². The lowest BCUT2D eigenvalue weighted by Gasteiger charge is -2.33. The third kappa shape index (κ3) is 5.17. The van der Waals surface area contributed by atoms with Gasteiger partial charge in [-0.25, -0.2) is 0 Å². The van der Waals surface area contributed by atoms with Gasteiger partial charge >= 0.3 is 0 Å². The van der Waals surface area contributed by atoms with Gasteiger partial charge in [0.2, 0.25) is 0 Å². The Morgan fingerprint density at radius 2 is 0.923 bits per heavy atom. The van der Waals surface area contributed by atoms with E-state index >= 15 is 0 Å². The zero-order chi connectivity index (χ0) is 34.4. The molecule has 0 bridgehead atoms. The number of ether oxygens (including phenoxy) is 1. The summed E-state index contributed by atoms with van der Waals surface area (Å²) < 4.78 is 12.8. The van der Waals surface area contributed by atoms with Crippen LogP contribution in [0.3, 0.4) is 0 Å². The number of hydrogen-bond donors (Lipinski definition) is 0. The number of anilines is 6. The van der Waals surface area contributed by atoms with E-state index in [2.05, 4.69) is 168 Å². The van der Waals surface area contributed by atoms with Gasteiger partial charge in [0.05, 0.1) is 11.4 Å². The summed E-state index contributed by atoms with van der Waals surface area (Å²) in [4.78, 5) is 4.55. The Morgan fingerprint density at radius 1 is 0.365 bits per heavy atom. The summed E-state index contributed by atoms with van der Waals surface area (Å²) in [6, 6.07) is 67.8. The van der Waals surface area contributed by atoms with Crippen molar-refractivity contribution >= 4 is 56.1 Å². The highest BCUT2D eigenvalue weighted by molar-refractivity contribution is 6.06. The normalized spacial score (nSPS) is 12.0. The second kappa shape index (κ2) is 12.4. The van der Waals surface area contributed by atoms with Crippen LogP contribution in [0, 0.1) is 0 Å². The largest absolute Gasteiger partial charge is 0.456 e. The molecule has 246 valence electrons. The highest BCUT2D eigenvalue weighted by Crippen LogP contribution is 2.51. The molecule has 0 saturated heterocycles. The van der Waals surface area contributed by atoms with Crippen LogP contribution in [0.2, 0.25) is 0 Å². The molecule has 1 aromatic heterocycles. The van der Waals surface area contributed by atoms with Gasteiger partial charge in [-0.2, -0.15) is 0 Å². The van der Waals surface area contributed by atoms with E-state index < -0.39 is 0 Å². The van der Waals surface area contributed by atoms with E-state index in [1.807, 2.05) is 36.4 Å². The first-order chi connectivity index (χ1) is 25.8. The Balaban J connectivity index is 1.03. The maximum Gasteiger partial charge on any atom is 0.152 e. The molecule has 0 radical (unpaired) electrons. The lowest BCUT2D eigenvalue weighted by molar-refractivity contribution is 0.477. The van der Waals surface area contributed by atoms with E-state index in [9.17, 15) is 0 Å². The number of benzene rings is 8. The number of nitrogens with zero attached hydrogens (tertiary/aromatic N) is 2. The van der Waals surface area contributed by atoms with Crippen molar-refractivity contribution < 1.29 is 9.15 Å². The molecule has 9 aromatic rings. The molecule has 52 heavy (non-hydrogen) atoms. The lowest BCUT2D eigenvalue weighted by atomic mass is 10.0. The summed E-state index contributed by atoms with van der Waals surface area (Å²) in [5.74, 6) is 1.66. The summed E-state index contributed by atoms with van der Waals surface area (Å²) in [5, 5.41) is 2.23. The van der Waals surface area contributed by atoms with E-state index in [1.54, 1.807) is 0 Å². The van der Waals surface area contributed by atoms with Crippen molar-refractivity contribution in [3.63, 3.8) is 0 Å². The average Bonchev–Trinajstić information content (AvgIpc) is 3.59. The fourth-order valence-corrected chi connectivity index (χ4v) is 7.33. The second-order valence-electron chi connectivity index (χ2n) is 13.0. The third-order valence-corrected chi connectivity index (χ3v) is 9.85. The minimum absolute atomic E-state index is 0.823. The molecule has 0 aliphatic carbocycles. The van der Waals surface area contributed by atoms with Gasteiger partial charge < -0.3 is 19.0 Å². The number of hydrogen-bond acceptors (Lipinski definition) is 4. The predicted molar refractivity (Wildman–Crippen MR) is 214 cm³/mol. The smallest absolute Gasteiger partial charge is 0.152 e. The zero-order valence-corrected chi connectivity index (χ0v) is 28.2. The highest BCUT2D eigenvalue weighted by Gasteiger charge is 2.26. The van der Waals surface area contributed by atoms with Crippen molar-refractivity contribution in [1.29, 1.82) is 0 Å². The second-order valence-corrected chi connectivity index (χ2v) is 13.0. The van der Waals surface area contributed by atoms with Crippen LogP contribution in [0.1, 0.15) is 0 Å². The van der Waals surface area contributed by atoms with Crippen LogP contribution in [-0.2, 0) is 0 Å². The van der Waals surface area contributed by atoms with E-state index in [4.69, 9.17) is 9.15 Å². The summed E-state index contributed by atoms with van der Waals surface area (Å²) in [6.07, 6.45) is 0. The average molecular weight is 669 g/mol. The standard InChI is InChI=1S/C48H32N2O2/c1-3-11-33(12-4-1)34-19-24-38(25-20-34)49(40-28-29-42-41-15-7-9-17-45(41)51-47(42)32-40)39-26-21-35(22-27-39)36-23-30-44-48(31-36)52-46-18-10-8-16-43(46)50(44)37-13-5-2-6-14-37/h1-32H. The Hall–Kier alpha value is -7.04. The van der Waals surface area contributed by atoms with Gasteiger partial charge in [-0.15, -0.1) is 0 Å². The first kappa shape index (κ1) is 29.8. The van der Waals surface area contributed by atoms with Crippen molar-refractivity contribution in [2.75, 3.05) is 9.80 Å². The van der Waals surface area contributed by atoms with Crippen LogP contribution in [0.5, 0.6) is 11.5 Å². The van der Waals surface area contributed by atoms with Crippen LogP contribution in [-0.4, -0.2) is 0 Å². The van der Waals surface area contributed by atoms with Gasteiger partial charge in [0.1, 0.15) is 11.2 Å². The zero-order valence-electron chi connectivity index (χ0n) is 28.2. The lowest BCUT2D eigenvalue weighted by Crippen LogP contribution is -2.15. The number of rotatable bonds is 6. The Labute approximate surface area is 302 Å². The van der Waals surface area contributed by atoms with Crippen molar-refractivity contribution in [1.82, 2.24) is 0 Å². The maximum atomic E-state index is 6.51. The molecule has 2 heterocycles. The van der Waals surface area contributed by atoms with Gasteiger partial charge in [-0.3, -0.25) is 0 Å². The first-order valence-corrected chi connectivity index (χ1v) is 17.5. The SMILES string of the molecule is c1ccc(-c2ccc(N(c3ccc(-c4ccc5c(c4)Oc4ccccc4N5c4ccccc4)cc3)c3ccc4c(c3)oc3ccccc34)cc2)cc1. The van der Waals surface area contributed by atoms with Crippen LogP contribution in [0.25, 0.3) is 44.2 Å².